The van der Waals surface area contributed by atoms with Crippen LogP contribution in [0.4, 0.5) is 8.78 Å². The summed E-state index contributed by atoms with van der Waals surface area (Å²) in [6.07, 6.45) is 0.712. The number of sulfonamides is 1. The zero-order chi connectivity index (χ0) is 22.9. The number of primary sulfonamides is 1. The zero-order valence-corrected chi connectivity index (χ0v) is 19.7. The number of alkyl halides is 2. The highest BCUT2D eigenvalue weighted by molar-refractivity contribution is 9.10. The van der Waals surface area contributed by atoms with Crippen LogP contribution in [0.25, 0.3) is 10.1 Å². The maximum Gasteiger partial charge on any atom is 0.402 e. The van der Waals surface area contributed by atoms with Gasteiger partial charge in [-0.2, -0.15) is 8.78 Å². The van der Waals surface area contributed by atoms with Crippen molar-refractivity contribution in [2.75, 3.05) is 12.4 Å². The lowest BCUT2D eigenvalue weighted by molar-refractivity contribution is 0.0495. The molecule has 0 aliphatic rings. The fraction of sp³-hybridized carbons (Fsp3) is 0.438. The van der Waals surface area contributed by atoms with Gasteiger partial charge in [0, 0.05) is 14.6 Å². The Morgan fingerprint density at radius 2 is 2.00 bits per heavy atom. The molecule has 0 saturated carbocycles. The van der Waals surface area contributed by atoms with Crippen LogP contribution in [-0.2, 0) is 31.2 Å². The number of unbranched alkanes of at least 4 members (excludes halogenated alkanes) is 1. The number of carboxylic acid groups (broad SMARTS) is 1. The van der Waals surface area contributed by atoms with E-state index in [2.05, 4.69) is 20.5 Å². The second kappa shape index (κ2) is 9.27. The molecule has 0 aliphatic heterocycles. The molecule has 0 radical (unpaired) electrons. The second-order valence-electron chi connectivity index (χ2n) is 6.37. The molecule has 0 amide bonds. The summed E-state index contributed by atoms with van der Waals surface area (Å²) in [7, 11) is -9.00. The Morgan fingerprint density at radius 3 is 2.53 bits per heavy atom. The van der Waals surface area contributed by atoms with Gasteiger partial charge in [0.05, 0.1) is 17.9 Å². The van der Waals surface area contributed by atoms with Gasteiger partial charge in [-0.3, -0.25) is 4.57 Å². The molecule has 1 aromatic heterocycles. The van der Waals surface area contributed by atoms with Crippen LogP contribution in [0.5, 0.6) is 0 Å². The van der Waals surface area contributed by atoms with E-state index in [0.717, 1.165) is 0 Å². The highest BCUT2D eigenvalue weighted by Crippen LogP contribution is 2.66. The van der Waals surface area contributed by atoms with E-state index in [1.807, 2.05) is 0 Å². The maximum atomic E-state index is 14.8. The molecule has 1 aromatic carbocycles. The first kappa shape index (κ1) is 25.3. The quantitative estimate of drug-likeness (QED) is 0.297. The number of halogens is 3. The highest BCUT2D eigenvalue weighted by atomic mass is 79.9. The number of benzene rings is 1. The van der Waals surface area contributed by atoms with Crippen molar-refractivity contribution in [3.8, 4) is 0 Å². The first-order valence-electron chi connectivity index (χ1n) is 8.55. The summed E-state index contributed by atoms with van der Waals surface area (Å²) in [6, 6.07) is 2.50. The number of aromatic carboxylic acids is 1. The number of nitrogens with two attached hydrogens (primary N) is 1. The summed E-state index contributed by atoms with van der Waals surface area (Å²) >= 11 is 3.56. The summed E-state index contributed by atoms with van der Waals surface area (Å²) in [4.78, 5) is 20.4. The molecule has 0 spiro atoms. The van der Waals surface area contributed by atoms with E-state index in [1.165, 1.54) is 19.1 Å². The molecule has 1 heterocycles. The minimum absolute atomic E-state index is 0.146. The lowest BCUT2D eigenvalue weighted by Crippen LogP contribution is -2.16. The van der Waals surface area contributed by atoms with E-state index < -0.39 is 40.7 Å². The van der Waals surface area contributed by atoms with E-state index in [4.69, 9.17) is 5.14 Å². The van der Waals surface area contributed by atoms with E-state index in [-0.39, 0.29) is 34.0 Å². The number of thiophene rings is 1. The van der Waals surface area contributed by atoms with Gasteiger partial charge in [-0.05, 0) is 59.8 Å². The van der Waals surface area contributed by atoms with Crippen molar-refractivity contribution in [3.05, 3.63) is 32.6 Å². The number of aryl methyl sites for hydroxylation is 1. The summed E-state index contributed by atoms with van der Waals surface area (Å²) < 4.78 is 68.2. The first-order chi connectivity index (χ1) is 13.7. The molecule has 0 bridgehead atoms. The largest absolute Gasteiger partial charge is 0.478 e. The van der Waals surface area contributed by atoms with Crippen molar-refractivity contribution in [2.24, 2.45) is 5.14 Å². The third-order valence-corrected chi connectivity index (χ3v) is 9.10. The van der Waals surface area contributed by atoms with Gasteiger partial charge < -0.3 is 14.5 Å². The molecule has 4 N–H and O–H groups in total. The average Bonchev–Trinajstić information content (AvgIpc) is 2.95. The van der Waals surface area contributed by atoms with E-state index in [9.17, 15) is 36.6 Å². The second-order valence-corrected chi connectivity index (χ2v) is 11.8. The van der Waals surface area contributed by atoms with Crippen LogP contribution in [0, 0.1) is 0 Å². The highest BCUT2D eigenvalue weighted by Gasteiger charge is 2.55. The van der Waals surface area contributed by atoms with Crippen LogP contribution in [0.1, 0.15) is 40.6 Å². The monoisotopic (exact) mass is 549 g/mol. The van der Waals surface area contributed by atoms with Gasteiger partial charge in [-0.1, -0.05) is 0 Å². The van der Waals surface area contributed by atoms with Crippen LogP contribution < -0.4 is 5.14 Å². The number of carboxylic acids is 1. The lowest BCUT2D eigenvalue weighted by Gasteiger charge is -2.20. The first-order valence-corrected chi connectivity index (χ1v) is 13.5. The van der Waals surface area contributed by atoms with Crippen LogP contribution in [0.2, 0.25) is 0 Å². The fourth-order valence-corrected chi connectivity index (χ4v) is 6.90. The van der Waals surface area contributed by atoms with Gasteiger partial charge in [0.25, 0.3) is 0 Å². The van der Waals surface area contributed by atoms with Crippen molar-refractivity contribution >= 4 is 60.9 Å². The number of fused-ring (bicyclic) bond motifs is 1. The van der Waals surface area contributed by atoms with Crippen molar-refractivity contribution < 1.29 is 41.1 Å². The van der Waals surface area contributed by atoms with Gasteiger partial charge in [0.2, 0.25) is 10.0 Å². The van der Waals surface area contributed by atoms with Crippen molar-refractivity contribution in [1.29, 1.82) is 0 Å². The molecule has 0 aliphatic carbocycles. The van der Waals surface area contributed by atoms with Gasteiger partial charge in [-0.15, -0.1) is 11.3 Å². The fourth-order valence-electron chi connectivity index (χ4n) is 2.75. The molecule has 1 atom stereocenters. The minimum atomic E-state index is -5.34. The normalized spacial score (nSPS) is 14.7. The summed E-state index contributed by atoms with van der Waals surface area (Å²) in [5.41, 5.74) is -3.98. The smallest absolute Gasteiger partial charge is 0.402 e. The molecule has 1 unspecified atom stereocenters. The molecule has 14 heteroatoms. The topological polar surface area (TPSA) is 144 Å². The number of hydrogen-bond acceptors (Lipinski definition) is 6. The molecule has 0 saturated heterocycles. The van der Waals surface area contributed by atoms with Crippen molar-refractivity contribution in [1.82, 2.24) is 0 Å². The molecule has 168 valence electrons. The minimum Gasteiger partial charge on any atom is -0.478 e. The molecule has 2 aromatic rings. The Labute approximate surface area is 183 Å². The number of hydrogen-bond donors (Lipinski definition) is 3. The Morgan fingerprint density at radius 1 is 1.37 bits per heavy atom. The third-order valence-electron chi connectivity index (χ3n) is 4.11. The summed E-state index contributed by atoms with van der Waals surface area (Å²) in [6.45, 7) is 0.905. The lowest BCUT2D eigenvalue weighted by atomic mass is 10.0. The predicted octanol–water partition coefficient (Wildman–Crippen LogP) is 4.24. The Bertz CT molecular complexity index is 1120. The zero-order valence-electron chi connectivity index (χ0n) is 15.6. The van der Waals surface area contributed by atoms with E-state index >= 15 is 0 Å². The number of rotatable bonds is 10. The van der Waals surface area contributed by atoms with Gasteiger partial charge >= 0.3 is 19.2 Å². The standard InChI is InChI=1S/C16H19BrF2NO7PS2/c1-2-27-28(23,24)16(18,19)14-12(17)11-8-10(15(21)22)7-9(13(11)29-14)5-3-4-6-30(20,25)26/h7-8H,2-6H2,1H3,(H,21,22)(H,23,24)(H2,20,25,26). The van der Waals surface area contributed by atoms with Crippen LogP contribution in [0.3, 0.4) is 0 Å². The van der Waals surface area contributed by atoms with Crippen LogP contribution in [-0.4, -0.2) is 36.7 Å². The molecule has 0 fully saturated rings. The van der Waals surface area contributed by atoms with Crippen molar-refractivity contribution in [2.45, 2.75) is 31.8 Å². The maximum absolute atomic E-state index is 14.8. The molecular weight excluding hydrogens is 531 g/mol. The SMILES string of the molecule is CCOP(=O)(O)C(F)(F)c1sc2c(CCCCS(N)(=O)=O)cc(C(=O)O)cc2c1Br. The summed E-state index contributed by atoms with van der Waals surface area (Å²) in [5.74, 6) is -1.55. The Kier molecular flexibility index (Phi) is 7.82. The predicted molar refractivity (Wildman–Crippen MR) is 113 cm³/mol. The van der Waals surface area contributed by atoms with Gasteiger partial charge in [0.1, 0.15) is 4.88 Å². The van der Waals surface area contributed by atoms with E-state index in [1.54, 1.807) is 0 Å². The molecule has 30 heavy (non-hydrogen) atoms. The molecule has 8 nitrogen and oxygen atoms in total. The van der Waals surface area contributed by atoms with Crippen molar-refractivity contribution in [3.63, 3.8) is 0 Å². The summed E-state index contributed by atoms with van der Waals surface area (Å²) in [5, 5.41) is 14.4. The molecule has 2 rings (SSSR count). The Hall–Kier alpha value is -0.950. The van der Waals surface area contributed by atoms with Crippen LogP contribution >= 0.6 is 34.9 Å². The average molecular weight is 550 g/mol. The number of carbonyl (C=O) groups is 1. The van der Waals surface area contributed by atoms with Crippen LogP contribution in [0.15, 0.2) is 16.6 Å². The van der Waals surface area contributed by atoms with Gasteiger partial charge in [0.15, 0.2) is 0 Å². The van der Waals surface area contributed by atoms with E-state index in [0.29, 0.717) is 28.0 Å². The van der Waals surface area contributed by atoms with Gasteiger partial charge in [-0.25, -0.2) is 18.4 Å². The Balaban J connectivity index is 2.56. The molecular formula is C16H19BrF2NO7PS2. The third kappa shape index (κ3) is 5.45.